The van der Waals surface area contributed by atoms with Crippen LogP contribution in [0, 0.1) is 10.1 Å². The van der Waals surface area contributed by atoms with Gasteiger partial charge in [-0.05, 0) is 23.8 Å². The number of carbonyl (C=O) groups excluding carboxylic acids is 3. The fourth-order valence-electron chi connectivity index (χ4n) is 3.50. The van der Waals surface area contributed by atoms with Gasteiger partial charge in [-0.25, -0.2) is 4.79 Å². The molecule has 11 nitrogen and oxygen atoms in total. The van der Waals surface area contributed by atoms with Gasteiger partial charge in [0.05, 0.1) is 4.92 Å². The minimum absolute atomic E-state index is 0.00892. The zero-order valence-electron chi connectivity index (χ0n) is 18.3. The molecule has 0 radical (unpaired) electrons. The van der Waals surface area contributed by atoms with Crippen LogP contribution in [0.2, 0.25) is 0 Å². The quantitative estimate of drug-likeness (QED) is 0.302. The molecule has 1 aliphatic heterocycles. The highest BCUT2D eigenvalue weighted by atomic mass is 32.2. The Balaban J connectivity index is 1.80. The Hall–Kier alpha value is -3.81. The van der Waals surface area contributed by atoms with Gasteiger partial charge in [0.2, 0.25) is 5.88 Å². The summed E-state index contributed by atoms with van der Waals surface area (Å²) >= 11 is 0.946. The standard InChI is InChI=1S/C21H20F2N4O7S/c1-13(29)35-16-9-21(12-28,25-17-3-2-4-18(24-17)34-19(22)23)26(10-16)20(30)33-11-14-5-7-15(8-6-14)27(31)32/h2-8,12,16,19H,9-11H2,1H3,(H,24,25)/t16-,21-/m0/s1. The summed E-state index contributed by atoms with van der Waals surface area (Å²) in [5.74, 6) is -0.414. The zero-order chi connectivity index (χ0) is 25.6. The molecular weight excluding hydrogens is 490 g/mol. The van der Waals surface area contributed by atoms with Crippen LogP contribution >= 0.6 is 11.8 Å². The van der Waals surface area contributed by atoms with Crippen LogP contribution in [0.5, 0.6) is 5.88 Å². The first-order valence-electron chi connectivity index (χ1n) is 10.1. The molecule has 2 heterocycles. The van der Waals surface area contributed by atoms with Crippen molar-refractivity contribution < 1.29 is 37.6 Å². The molecule has 1 aromatic heterocycles. The summed E-state index contributed by atoms with van der Waals surface area (Å²) in [4.78, 5) is 52.1. The number of rotatable bonds is 9. The lowest BCUT2D eigenvalue weighted by molar-refractivity contribution is -0.384. The molecule has 0 spiro atoms. The highest BCUT2D eigenvalue weighted by Gasteiger charge is 2.50. The van der Waals surface area contributed by atoms with Gasteiger partial charge in [0.15, 0.2) is 17.1 Å². The molecule has 35 heavy (non-hydrogen) atoms. The van der Waals surface area contributed by atoms with Crippen LogP contribution in [0.15, 0.2) is 42.5 Å². The predicted molar refractivity (Wildman–Crippen MR) is 120 cm³/mol. The maximum atomic E-state index is 13.0. The van der Waals surface area contributed by atoms with Gasteiger partial charge in [-0.15, -0.1) is 0 Å². The molecule has 2 aromatic rings. The number of nitrogens with zero attached hydrogens (tertiary/aromatic N) is 3. The largest absolute Gasteiger partial charge is 0.444 e. The first-order chi connectivity index (χ1) is 16.6. The number of pyridine rings is 1. The van der Waals surface area contributed by atoms with Crippen molar-refractivity contribution in [3.05, 3.63) is 58.1 Å². The third kappa shape index (κ3) is 6.62. The van der Waals surface area contributed by atoms with Gasteiger partial charge < -0.3 is 14.8 Å². The number of hydrogen-bond acceptors (Lipinski definition) is 10. The number of nitro benzene ring substituents is 1. The molecule has 1 amide bonds. The number of amides is 1. The molecule has 14 heteroatoms. The number of hydrogen-bond donors (Lipinski definition) is 1. The SMILES string of the molecule is CC(=O)S[C@@H]1CN(C(=O)OCc2ccc([N+](=O)[O-])cc2)[C@@](C=O)(Nc2cccc(OC(F)F)n2)C1. The van der Waals surface area contributed by atoms with Crippen LogP contribution in [0.3, 0.4) is 0 Å². The minimum Gasteiger partial charge on any atom is -0.444 e. The van der Waals surface area contributed by atoms with Gasteiger partial charge in [-0.3, -0.25) is 24.6 Å². The van der Waals surface area contributed by atoms with Gasteiger partial charge >= 0.3 is 12.7 Å². The van der Waals surface area contributed by atoms with E-state index in [2.05, 4.69) is 15.0 Å². The molecule has 0 saturated carbocycles. The van der Waals surface area contributed by atoms with E-state index in [-0.39, 0.29) is 36.2 Å². The molecular formula is C21H20F2N4O7S. The number of nitro groups is 1. The number of benzene rings is 1. The fraction of sp³-hybridized carbons (Fsp3) is 0.333. The number of aldehydes is 1. The van der Waals surface area contributed by atoms with Gasteiger partial charge in [-0.2, -0.15) is 13.8 Å². The molecule has 2 atom stereocenters. The Morgan fingerprint density at radius 1 is 1.34 bits per heavy atom. The summed E-state index contributed by atoms with van der Waals surface area (Å²) in [6.07, 6.45) is -0.424. The van der Waals surface area contributed by atoms with Crippen LogP contribution in [-0.4, -0.2) is 56.4 Å². The molecule has 1 aromatic carbocycles. The third-order valence-corrected chi connectivity index (χ3v) is 5.92. The lowest BCUT2D eigenvalue weighted by Gasteiger charge is -2.33. The third-order valence-electron chi connectivity index (χ3n) is 4.94. The van der Waals surface area contributed by atoms with Crippen LogP contribution in [0.25, 0.3) is 0 Å². The molecule has 0 aliphatic carbocycles. The van der Waals surface area contributed by atoms with E-state index >= 15 is 0 Å². The van der Waals surface area contributed by atoms with Crippen molar-refractivity contribution in [2.75, 3.05) is 11.9 Å². The van der Waals surface area contributed by atoms with Crippen LogP contribution in [0.1, 0.15) is 18.9 Å². The second kappa shape index (κ2) is 11.1. The number of anilines is 1. The average Bonchev–Trinajstić information content (AvgIpc) is 3.15. The van der Waals surface area contributed by atoms with E-state index in [4.69, 9.17) is 4.74 Å². The topological polar surface area (TPSA) is 141 Å². The van der Waals surface area contributed by atoms with Crippen molar-refractivity contribution in [1.29, 1.82) is 0 Å². The Morgan fingerprint density at radius 2 is 2.06 bits per heavy atom. The monoisotopic (exact) mass is 510 g/mol. The number of nitrogens with one attached hydrogen (secondary N) is 1. The van der Waals surface area contributed by atoms with E-state index in [1.54, 1.807) is 0 Å². The van der Waals surface area contributed by atoms with Crippen LogP contribution in [-0.2, 0) is 20.9 Å². The number of alkyl halides is 2. The van der Waals surface area contributed by atoms with Gasteiger partial charge in [-0.1, -0.05) is 17.8 Å². The van der Waals surface area contributed by atoms with Crippen molar-refractivity contribution in [2.24, 2.45) is 0 Å². The Kier molecular flexibility index (Phi) is 8.17. The summed E-state index contributed by atoms with van der Waals surface area (Å²) in [5, 5.41) is 12.9. The predicted octanol–water partition coefficient (Wildman–Crippen LogP) is 3.59. The summed E-state index contributed by atoms with van der Waals surface area (Å²) in [5.41, 5.74) is -1.34. The molecule has 186 valence electrons. The molecule has 0 unspecified atom stereocenters. The number of carbonyl (C=O) groups is 3. The normalized spacial score (nSPS) is 19.3. The second-order valence-corrected chi connectivity index (χ2v) is 8.91. The highest BCUT2D eigenvalue weighted by Crippen LogP contribution is 2.36. The van der Waals surface area contributed by atoms with Gasteiger partial charge in [0, 0.05) is 43.3 Å². The summed E-state index contributed by atoms with van der Waals surface area (Å²) < 4.78 is 34.7. The number of thioether (sulfide) groups is 1. The number of likely N-dealkylation sites (tertiary alicyclic amines) is 1. The van der Waals surface area contributed by atoms with E-state index in [1.165, 1.54) is 49.4 Å². The number of aromatic nitrogens is 1. The Bertz CT molecular complexity index is 1110. The maximum absolute atomic E-state index is 13.0. The smallest absolute Gasteiger partial charge is 0.412 e. The van der Waals surface area contributed by atoms with Crippen LogP contribution < -0.4 is 10.1 Å². The first kappa shape index (κ1) is 25.8. The highest BCUT2D eigenvalue weighted by molar-refractivity contribution is 8.14. The lowest BCUT2D eigenvalue weighted by Crippen LogP contribution is -2.54. The molecule has 1 fully saturated rings. The summed E-state index contributed by atoms with van der Waals surface area (Å²) in [6.45, 7) is -2.01. The van der Waals surface area contributed by atoms with Crippen molar-refractivity contribution in [2.45, 2.75) is 37.5 Å². The second-order valence-electron chi connectivity index (χ2n) is 7.43. The zero-order valence-corrected chi connectivity index (χ0v) is 19.1. The number of halogens is 2. The molecule has 1 aliphatic rings. The van der Waals surface area contributed by atoms with Crippen molar-refractivity contribution in [1.82, 2.24) is 9.88 Å². The van der Waals surface area contributed by atoms with E-state index in [1.807, 2.05) is 0 Å². The van der Waals surface area contributed by atoms with Gasteiger partial charge in [0.1, 0.15) is 12.4 Å². The molecule has 0 bridgehead atoms. The number of ether oxygens (including phenoxy) is 2. The molecule has 3 rings (SSSR count). The molecule has 1 saturated heterocycles. The van der Waals surface area contributed by atoms with Gasteiger partial charge in [0.25, 0.3) is 5.69 Å². The minimum atomic E-state index is -3.11. The summed E-state index contributed by atoms with van der Waals surface area (Å²) in [6, 6.07) is 9.34. The van der Waals surface area contributed by atoms with Crippen molar-refractivity contribution in [3.8, 4) is 5.88 Å². The fourth-order valence-corrected chi connectivity index (χ4v) is 4.53. The first-order valence-corrected chi connectivity index (χ1v) is 11.0. The van der Waals surface area contributed by atoms with E-state index < -0.39 is 34.4 Å². The van der Waals surface area contributed by atoms with E-state index in [9.17, 15) is 33.3 Å². The Morgan fingerprint density at radius 3 is 2.66 bits per heavy atom. The Labute approximate surface area is 201 Å². The van der Waals surface area contributed by atoms with E-state index in [0.29, 0.717) is 11.8 Å². The summed E-state index contributed by atoms with van der Waals surface area (Å²) in [7, 11) is 0. The molecule has 1 N–H and O–H groups in total. The lowest BCUT2D eigenvalue weighted by atomic mass is 10.1. The van der Waals surface area contributed by atoms with Crippen LogP contribution in [0.4, 0.5) is 25.1 Å². The number of non-ortho nitro benzene ring substituents is 1. The maximum Gasteiger partial charge on any atom is 0.412 e. The van der Waals surface area contributed by atoms with Crippen molar-refractivity contribution in [3.63, 3.8) is 0 Å². The average molecular weight is 510 g/mol. The van der Waals surface area contributed by atoms with Crippen molar-refractivity contribution >= 4 is 40.8 Å². The van der Waals surface area contributed by atoms with E-state index in [0.717, 1.165) is 16.7 Å².